The Morgan fingerprint density at radius 3 is 2.45 bits per heavy atom. The van der Waals surface area contributed by atoms with Gasteiger partial charge >= 0.3 is 6.03 Å². The second-order valence-corrected chi connectivity index (χ2v) is 7.35. The summed E-state index contributed by atoms with van der Waals surface area (Å²) in [6.45, 7) is 3.75. The average molecular weight is 396 g/mol. The summed E-state index contributed by atoms with van der Waals surface area (Å²) in [4.78, 5) is 42.5. The smallest absolute Gasteiger partial charge is 0.325 e. The third-order valence-electron chi connectivity index (χ3n) is 5.35. The van der Waals surface area contributed by atoms with Crippen molar-refractivity contribution in [1.82, 2.24) is 20.0 Å². The van der Waals surface area contributed by atoms with Crippen molar-refractivity contribution >= 4 is 17.8 Å². The van der Waals surface area contributed by atoms with Crippen molar-refractivity contribution in [3.63, 3.8) is 0 Å². The molecule has 2 saturated heterocycles. The molecular formula is C21H24N4O4. The molecule has 0 bridgehead atoms. The number of nitrogens with one attached hydrogen (secondary N) is 1. The molecule has 0 radical (unpaired) electrons. The van der Waals surface area contributed by atoms with Crippen LogP contribution in [0.25, 0.3) is 0 Å². The zero-order valence-corrected chi connectivity index (χ0v) is 16.1. The van der Waals surface area contributed by atoms with Crippen LogP contribution in [0.1, 0.15) is 17.7 Å². The average Bonchev–Trinajstić information content (AvgIpc) is 3.33. The Labute approximate surface area is 169 Å². The van der Waals surface area contributed by atoms with Gasteiger partial charge in [0.1, 0.15) is 11.8 Å². The van der Waals surface area contributed by atoms with Crippen LogP contribution < -0.4 is 5.32 Å². The van der Waals surface area contributed by atoms with Crippen LogP contribution in [-0.4, -0.2) is 64.8 Å². The first-order valence-corrected chi connectivity index (χ1v) is 9.78. The summed E-state index contributed by atoms with van der Waals surface area (Å²) in [7, 11) is 0. The van der Waals surface area contributed by atoms with E-state index >= 15 is 0 Å². The van der Waals surface area contributed by atoms with Crippen molar-refractivity contribution in [2.75, 3.05) is 26.2 Å². The molecule has 2 fully saturated rings. The first-order chi connectivity index (χ1) is 14.1. The Balaban J connectivity index is 1.26. The van der Waals surface area contributed by atoms with Gasteiger partial charge in [0, 0.05) is 32.7 Å². The zero-order valence-electron chi connectivity index (χ0n) is 16.1. The lowest BCUT2D eigenvalue weighted by Gasteiger charge is -2.35. The number of nitrogens with zero attached hydrogens (tertiary/aromatic N) is 3. The molecule has 1 aromatic carbocycles. The van der Waals surface area contributed by atoms with Crippen LogP contribution in [0.4, 0.5) is 4.79 Å². The standard InChI is InChI=1S/C21H24N4O4/c26-19(24-10-8-23(9-11-24)14-16-5-2-1-3-6-16)13-18-20(27)25(21(28)22-18)15-17-7-4-12-29-17/h1-7,12,18H,8-11,13-15H2,(H,22,28). The van der Waals surface area contributed by atoms with Crippen LogP contribution in [0.15, 0.2) is 53.1 Å². The largest absolute Gasteiger partial charge is 0.467 e. The van der Waals surface area contributed by atoms with E-state index in [0.29, 0.717) is 18.8 Å². The Bertz CT molecular complexity index is 860. The third kappa shape index (κ3) is 4.48. The van der Waals surface area contributed by atoms with Gasteiger partial charge in [-0.05, 0) is 17.7 Å². The molecule has 4 rings (SSSR count). The Morgan fingerprint density at radius 1 is 1.00 bits per heavy atom. The SMILES string of the molecule is O=C(CC1NC(=O)N(Cc2ccco2)C1=O)N1CCN(Cc2ccccc2)CC1. The number of urea groups is 1. The summed E-state index contributed by atoms with van der Waals surface area (Å²) in [6, 6.07) is 12.3. The molecule has 1 atom stereocenters. The minimum absolute atomic E-state index is 0.0160. The molecule has 152 valence electrons. The maximum Gasteiger partial charge on any atom is 0.325 e. The minimum atomic E-state index is -0.813. The van der Waals surface area contributed by atoms with Gasteiger partial charge in [-0.3, -0.25) is 19.4 Å². The first kappa shape index (κ1) is 19.2. The summed E-state index contributed by atoms with van der Waals surface area (Å²) in [5, 5.41) is 2.62. The quantitative estimate of drug-likeness (QED) is 0.747. The third-order valence-corrected chi connectivity index (χ3v) is 5.35. The van der Waals surface area contributed by atoms with E-state index in [-0.39, 0.29) is 24.8 Å². The molecule has 0 aliphatic carbocycles. The number of hydrogen-bond acceptors (Lipinski definition) is 5. The summed E-state index contributed by atoms with van der Waals surface area (Å²) >= 11 is 0. The topological polar surface area (TPSA) is 86.1 Å². The van der Waals surface area contributed by atoms with Gasteiger partial charge in [-0.25, -0.2) is 4.79 Å². The fourth-order valence-corrected chi connectivity index (χ4v) is 3.72. The molecule has 1 N–H and O–H groups in total. The summed E-state index contributed by atoms with van der Waals surface area (Å²) in [5.74, 6) is 0.0281. The zero-order chi connectivity index (χ0) is 20.2. The molecule has 1 aromatic heterocycles. The monoisotopic (exact) mass is 396 g/mol. The molecule has 2 aliphatic heterocycles. The van der Waals surface area contributed by atoms with Gasteiger partial charge in [0.15, 0.2) is 0 Å². The van der Waals surface area contributed by atoms with Crippen molar-refractivity contribution in [1.29, 1.82) is 0 Å². The number of rotatable bonds is 6. The van der Waals surface area contributed by atoms with Crippen LogP contribution >= 0.6 is 0 Å². The Hall–Kier alpha value is -3.13. The van der Waals surface area contributed by atoms with Crippen LogP contribution in [0, 0.1) is 0 Å². The van der Waals surface area contributed by atoms with Gasteiger partial charge in [-0.2, -0.15) is 0 Å². The number of carbonyl (C=O) groups is 3. The fraction of sp³-hybridized carbons (Fsp3) is 0.381. The van der Waals surface area contributed by atoms with Crippen molar-refractivity contribution in [3.8, 4) is 0 Å². The molecule has 0 saturated carbocycles. The highest BCUT2D eigenvalue weighted by Gasteiger charge is 2.40. The predicted octanol–water partition coefficient (Wildman–Crippen LogP) is 1.43. The molecular weight excluding hydrogens is 372 g/mol. The molecule has 8 nitrogen and oxygen atoms in total. The van der Waals surface area contributed by atoms with E-state index in [2.05, 4.69) is 22.3 Å². The van der Waals surface area contributed by atoms with E-state index in [1.807, 2.05) is 18.2 Å². The minimum Gasteiger partial charge on any atom is -0.467 e. The van der Waals surface area contributed by atoms with Crippen molar-refractivity contribution in [2.45, 2.75) is 25.6 Å². The molecule has 2 aliphatic rings. The molecule has 2 aromatic rings. The number of carbonyl (C=O) groups excluding carboxylic acids is 3. The number of furan rings is 1. The van der Waals surface area contributed by atoms with E-state index in [9.17, 15) is 14.4 Å². The molecule has 3 heterocycles. The number of piperazine rings is 1. The normalized spacial score (nSPS) is 20.2. The van der Waals surface area contributed by atoms with E-state index in [1.54, 1.807) is 17.0 Å². The van der Waals surface area contributed by atoms with Gasteiger partial charge in [0.05, 0.1) is 19.2 Å². The van der Waals surface area contributed by atoms with Crippen LogP contribution in [0.2, 0.25) is 0 Å². The van der Waals surface area contributed by atoms with Crippen LogP contribution in [0.5, 0.6) is 0 Å². The molecule has 8 heteroatoms. The number of amides is 4. The van der Waals surface area contributed by atoms with E-state index in [4.69, 9.17) is 4.42 Å². The Kier molecular flexibility index (Phi) is 5.62. The van der Waals surface area contributed by atoms with Gasteiger partial charge in [-0.1, -0.05) is 30.3 Å². The van der Waals surface area contributed by atoms with Gasteiger partial charge in [0.2, 0.25) is 5.91 Å². The number of benzene rings is 1. The van der Waals surface area contributed by atoms with Gasteiger partial charge in [-0.15, -0.1) is 0 Å². The molecule has 1 unspecified atom stereocenters. The highest BCUT2D eigenvalue weighted by Crippen LogP contribution is 2.16. The number of hydrogen-bond donors (Lipinski definition) is 1. The first-order valence-electron chi connectivity index (χ1n) is 9.78. The van der Waals surface area contributed by atoms with E-state index in [1.165, 1.54) is 11.8 Å². The second-order valence-electron chi connectivity index (χ2n) is 7.35. The lowest BCUT2D eigenvalue weighted by atomic mass is 10.1. The second kappa shape index (κ2) is 8.48. The summed E-state index contributed by atoms with van der Waals surface area (Å²) < 4.78 is 5.20. The summed E-state index contributed by atoms with van der Waals surface area (Å²) in [5.41, 5.74) is 1.25. The van der Waals surface area contributed by atoms with Crippen molar-refractivity contribution in [3.05, 3.63) is 60.1 Å². The van der Waals surface area contributed by atoms with E-state index < -0.39 is 12.1 Å². The Morgan fingerprint density at radius 2 is 1.76 bits per heavy atom. The number of imide groups is 1. The maximum absolute atomic E-state index is 12.7. The van der Waals surface area contributed by atoms with Crippen molar-refractivity contribution in [2.24, 2.45) is 0 Å². The summed E-state index contributed by atoms with van der Waals surface area (Å²) in [6.07, 6.45) is 1.48. The lowest BCUT2D eigenvalue weighted by molar-refractivity contribution is -0.137. The fourth-order valence-electron chi connectivity index (χ4n) is 3.72. The highest BCUT2D eigenvalue weighted by molar-refractivity contribution is 6.05. The lowest BCUT2D eigenvalue weighted by Crippen LogP contribution is -2.49. The van der Waals surface area contributed by atoms with Crippen molar-refractivity contribution < 1.29 is 18.8 Å². The molecule has 4 amide bonds. The molecule has 0 spiro atoms. The van der Waals surface area contributed by atoms with Crippen LogP contribution in [-0.2, 0) is 22.7 Å². The van der Waals surface area contributed by atoms with Gasteiger partial charge in [0.25, 0.3) is 5.91 Å². The van der Waals surface area contributed by atoms with Gasteiger partial charge < -0.3 is 14.6 Å². The van der Waals surface area contributed by atoms with E-state index in [0.717, 1.165) is 24.5 Å². The maximum atomic E-state index is 12.7. The molecule has 29 heavy (non-hydrogen) atoms. The van der Waals surface area contributed by atoms with Crippen LogP contribution in [0.3, 0.4) is 0 Å². The predicted molar refractivity (Wildman–Crippen MR) is 104 cm³/mol. The highest BCUT2D eigenvalue weighted by atomic mass is 16.3.